The van der Waals surface area contributed by atoms with Crippen molar-refractivity contribution in [3.8, 4) is 22.3 Å². The molecule has 0 saturated heterocycles. The van der Waals surface area contributed by atoms with E-state index in [2.05, 4.69) is 170 Å². The standard InChI is InChI=1S/C27H19Br.C8H10.C7H8/c1-18-10-12-21(13-11-18)24-16-14-19-6-2-4-8-22(19)26(24)27-23-9-5-3-7-20(23)15-17-25(27)28;1-2-8-6-4-3-5-7-8;1-7-5-3-2-4-6-7/h2-17H,1H3;3-7H,2H2,1H3;2-6H,1H3. The number of halogens is 1. The molecule has 0 amide bonds. The maximum absolute atomic E-state index is 3.86. The highest BCUT2D eigenvalue weighted by molar-refractivity contribution is 9.10. The van der Waals surface area contributed by atoms with Crippen molar-refractivity contribution in [2.24, 2.45) is 0 Å². The fourth-order valence-electron chi connectivity index (χ4n) is 5.26. The number of benzene rings is 7. The van der Waals surface area contributed by atoms with Gasteiger partial charge in [0, 0.05) is 10.0 Å². The predicted octanol–water partition coefficient (Wildman–Crippen LogP) is 12.6. The zero-order valence-corrected chi connectivity index (χ0v) is 26.7. The summed E-state index contributed by atoms with van der Waals surface area (Å²) in [4.78, 5) is 0. The lowest BCUT2D eigenvalue weighted by Gasteiger charge is -2.18. The first kappa shape index (κ1) is 30.0. The average Bonchev–Trinajstić information content (AvgIpc) is 3.06. The Morgan fingerprint density at radius 2 is 0.930 bits per heavy atom. The van der Waals surface area contributed by atoms with Gasteiger partial charge in [-0.05, 0) is 70.1 Å². The van der Waals surface area contributed by atoms with E-state index in [0.717, 1.165) is 10.9 Å². The highest BCUT2D eigenvalue weighted by atomic mass is 79.9. The molecular weight excluding hydrogens is 584 g/mol. The second-order valence-electron chi connectivity index (χ2n) is 10.7. The van der Waals surface area contributed by atoms with Gasteiger partial charge in [0.1, 0.15) is 0 Å². The second kappa shape index (κ2) is 14.6. The fourth-order valence-corrected chi connectivity index (χ4v) is 5.81. The Kier molecular flexibility index (Phi) is 10.2. The van der Waals surface area contributed by atoms with Crippen LogP contribution in [0, 0.1) is 13.8 Å². The third-order valence-electron chi connectivity index (χ3n) is 7.61. The first-order valence-corrected chi connectivity index (χ1v) is 15.7. The van der Waals surface area contributed by atoms with E-state index in [1.807, 2.05) is 24.3 Å². The third kappa shape index (κ3) is 7.49. The molecule has 43 heavy (non-hydrogen) atoms. The number of aryl methyl sites for hydroxylation is 3. The summed E-state index contributed by atoms with van der Waals surface area (Å²) in [5, 5.41) is 5.05. The molecule has 0 fully saturated rings. The molecule has 0 aromatic heterocycles. The molecule has 0 atom stereocenters. The molecule has 1 heteroatoms. The average molecular weight is 622 g/mol. The van der Waals surface area contributed by atoms with Crippen molar-refractivity contribution in [2.75, 3.05) is 0 Å². The molecule has 0 heterocycles. The van der Waals surface area contributed by atoms with E-state index in [0.29, 0.717) is 0 Å². The summed E-state index contributed by atoms with van der Waals surface area (Å²) in [6.07, 6.45) is 1.14. The summed E-state index contributed by atoms with van der Waals surface area (Å²) >= 11 is 3.86. The Hall–Kier alpha value is -4.46. The minimum Gasteiger partial charge on any atom is -0.0622 e. The van der Waals surface area contributed by atoms with E-state index in [-0.39, 0.29) is 0 Å². The molecule has 0 N–H and O–H groups in total. The quantitative estimate of drug-likeness (QED) is 0.184. The van der Waals surface area contributed by atoms with E-state index in [1.54, 1.807) is 0 Å². The van der Waals surface area contributed by atoms with E-state index >= 15 is 0 Å². The Balaban J connectivity index is 0.000000200. The summed E-state index contributed by atoms with van der Waals surface area (Å²) in [6, 6.07) is 55.7. The van der Waals surface area contributed by atoms with Crippen molar-refractivity contribution >= 4 is 37.5 Å². The van der Waals surface area contributed by atoms with Crippen LogP contribution in [0.1, 0.15) is 23.6 Å². The lowest BCUT2D eigenvalue weighted by atomic mass is 9.87. The molecule has 7 aromatic rings. The van der Waals surface area contributed by atoms with E-state index in [4.69, 9.17) is 0 Å². The first-order valence-electron chi connectivity index (χ1n) is 14.9. The van der Waals surface area contributed by atoms with Crippen LogP contribution in [0.25, 0.3) is 43.8 Å². The van der Waals surface area contributed by atoms with E-state index in [9.17, 15) is 0 Å². The van der Waals surface area contributed by atoms with Crippen LogP contribution in [0.5, 0.6) is 0 Å². The van der Waals surface area contributed by atoms with Crippen LogP contribution in [0.3, 0.4) is 0 Å². The van der Waals surface area contributed by atoms with Crippen LogP contribution in [0.15, 0.2) is 162 Å². The van der Waals surface area contributed by atoms with Crippen LogP contribution < -0.4 is 0 Å². The van der Waals surface area contributed by atoms with Gasteiger partial charge in [0.15, 0.2) is 0 Å². The molecule has 0 unspecified atom stereocenters. The summed E-state index contributed by atoms with van der Waals surface area (Å²) in [5.74, 6) is 0. The van der Waals surface area contributed by atoms with Crippen LogP contribution in [0.4, 0.5) is 0 Å². The Labute approximate surface area is 264 Å². The number of fused-ring (bicyclic) bond motifs is 2. The number of hydrogen-bond donors (Lipinski definition) is 0. The monoisotopic (exact) mass is 620 g/mol. The minimum absolute atomic E-state index is 1.12. The van der Waals surface area contributed by atoms with E-state index < -0.39 is 0 Å². The highest BCUT2D eigenvalue weighted by Crippen LogP contribution is 2.44. The van der Waals surface area contributed by atoms with Crippen molar-refractivity contribution in [1.82, 2.24) is 0 Å². The lowest BCUT2D eigenvalue weighted by molar-refractivity contribution is 1.14. The topological polar surface area (TPSA) is 0 Å². The SMILES string of the molecule is CCc1ccccc1.Cc1ccc(-c2ccc3ccccc3c2-c2c(Br)ccc3ccccc23)cc1.Cc1ccccc1. The zero-order valence-electron chi connectivity index (χ0n) is 25.1. The van der Waals surface area contributed by atoms with Crippen molar-refractivity contribution in [3.05, 3.63) is 179 Å². The van der Waals surface area contributed by atoms with Gasteiger partial charge >= 0.3 is 0 Å². The van der Waals surface area contributed by atoms with Gasteiger partial charge in [-0.15, -0.1) is 0 Å². The predicted molar refractivity (Wildman–Crippen MR) is 192 cm³/mol. The number of hydrogen-bond acceptors (Lipinski definition) is 0. The molecule has 0 nitrogen and oxygen atoms in total. The summed E-state index contributed by atoms with van der Waals surface area (Å²) in [6.45, 7) is 6.38. The van der Waals surface area contributed by atoms with Crippen molar-refractivity contribution in [2.45, 2.75) is 27.2 Å². The van der Waals surface area contributed by atoms with Crippen LogP contribution in [-0.4, -0.2) is 0 Å². The number of rotatable bonds is 3. The largest absolute Gasteiger partial charge is 0.0622 e. The Morgan fingerprint density at radius 3 is 1.47 bits per heavy atom. The molecule has 212 valence electrons. The molecule has 0 bridgehead atoms. The van der Waals surface area contributed by atoms with Crippen molar-refractivity contribution in [1.29, 1.82) is 0 Å². The minimum atomic E-state index is 1.12. The maximum atomic E-state index is 3.86. The van der Waals surface area contributed by atoms with Crippen LogP contribution in [0.2, 0.25) is 0 Å². The van der Waals surface area contributed by atoms with Crippen molar-refractivity contribution < 1.29 is 0 Å². The van der Waals surface area contributed by atoms with Gasteiger partial charge in [-0.1, -0.05) is 186 Å². The molecule has 0 aliphatic rings. The first-order chi connectivity index (χ1) is 21.0. The summed E-state index contributed by atoms with van der Waals surface area (Å²) in [7, 11) is 0. The van der Waals surface area contributed by atoms with Crippen molar-refractivity contribution in [3.63, 3.8) is 0 Å². The van der Waals surface area contributed by atoms with Gasteiger partial charge in [0.05, 0.1) is 0 Å². The van der Waals surface area contributed by atoms with Crippen LogP contribution >= 0.6 is 15.9 Å². The molecule has 7 rings (SSSR count). The molecule has 0 aliphatic heterocycles. The Bertz CT molecular complexity index is 1900. The van der Waals surface area contributed by atoms with Gasteiger partial charge < -0.3 is 0 Å². The van der Waals surface area contributed by atoms with Gasteiger partial charge in [-0.2, -0.15) is 0 Å². The molecular formula is C42H37Br. The van der Waals surface area contributed by atoms with E-state index in [1.165, 1.54) is 60.5 Å². The highest BCUT2D eigenvalue weighted by Gasteiger charge is 2.16. The Morgan fingerprint density at radius 1 is 0.442 bits per heavy atom. The smallest absolute Gasteiger partial charge is 0.0260 e. The zero-order chi connectivity index (χ0) is 30.0. The second-order valence-corrected chi connectivity index (χ2v) is 11.6. The lowest BCUT2D eigenvalue weighted by Crippen LogP contribution is -1.91. The third-order valence-corrected chi connectivity index (χ3v) is 8.27. The molecule has 0 spiro atoms. The van der Waals surface area contributed by atoms with Gasteiger partial charge in [0.2, 0.25) is 0 Å². The molecule has 0 aliphatic carbocycles. The molecule has 7 aromatic carbocycles. The summed E-state index contributed by atoms with van der Waals surface area (Å²) in [5.41, 5.74) is 9.05. The molecule has 0 saturated carbocycles. The normalized spacial score (nSPS) is 10.4. The van der Waals surface area contributed by atoms with Crippen LogP contribution in [-0.2, 0) is 6.42 Å². The fraction of sp³-hybridized carbons (Fsp3) is 0.0952. The molecule has 0 radical (unpaired) electrons. The maximum Gasteiger partial charge on any atom is 0.0260 e. The summed E-state index contributed by atoms with van der Waals surface area (Å²) < 4.78 is 1.12. The van der Waals surface area contributed by atoms with Gasteiger partial charge in [0.25, 0.3) is 0 Å². The van der Waals surface area contributed by atoms with Gasteiger partial charge in [-0.3, -0.25) is 0 Å². The van der Waals surface area contributed by atoms with Gasteiger partial charge in [-0.25, -0.2) is 0 Å².